The van der Waals surface area contributed by atoms with Crippen LogP contribution in [-0.2, 0) is 4.79 Å². The molecule has 0 aliphatic carbocycles. The van der Waals surface area contributed by atoms with E-state index in [-0.39, 0.29) is 16.8 Å². The lowest BCUT2D eigenvalue weighted by Crippen LogP contribution is -2.41. The minimum atomic E-state index is -0.518. The fourth-order valence-corrected chi connectivity index (χ4v) is 3.36. The quantitative estimate of drug-likeness (QED) is 0.723. The number of aromatic nitrogens is 5. The highest BCUT2D eigenvalue weighted by molar-refractivity contribution is 6.31. The Bertz CT molecular complexity index is 982. The Kier molecular flexibility index (Phi) is 5.16. The van der Waals surface area contributed by atoms with E-state index in [0.717, 1.165) is 25.2 Å². The Morgan fingerprint density at radius 1 is 1.21 bits per heavy atom. The highest BCUT2D eigenvalue weighted by atomic mass is 35.5. The van der Waals surface area contributed by atoms with Gasteiger partial charge in [0.15, 0.2) is 5.82 Å². The number of carbonyl (C=O) groups is 1. The molecule has 28 heavy (non-hydrogen) atoms. The number of hydrogen-bond acceptors (Lipinski definition) is 6. The van der Waals surface area contributed by atoms with Crippen LogP contribution in [0.5, 0.6) is 0 Å². The Balaban J connectivity index is 1.46. The molecule has 10 heteroatoms. The lowest BCUT2D eigenvalue weighted by molar-refractivity contribution is -0.120. The standard InChI is InChI=1S/C18H17ClFN7O/c19-14-6-13(3-4-15(14)20)25-18(28)12-2-1-5-26(8-12)16-7-17(23-10-22-16)27-11-21-9-24-27/h3-4,6-7,9-12H,1-2,5,8H2,(H,25,28)/t12-/m0/s1. The van der Waals surface area contributed by atoms with Gasteiger partial charge < -0.3 is 10.2 Å². The molecule has 3 heterocycles. The second-order valence-corrected chi connectivity index (χ2v) is 6.88. The summed E-state index contributed by atoms with van der Waals surface area (Å²) in [6, 6.07) is 5.95. The van der Waals surface area contributed by atoms with Gasteiger partial charge in [-0.25, -0.2) is 24.0 Å². The van der Waals surface area contributed by atoms with Crippen LogP contribution >= 0.6 is 11.6 Å². The summed E-state index contributed by atoms with van der Waals surface area (Å²) in [4.78, 5) is 27.2. The molecule has 1 aliphatic rings. The number of halogens is 2. The zero-order valence-electron chi connectivity index (χ0n) is 14.8. The van der Waals surface area contributed by atoms with E-state index in [1.165, 1.54) is 30.9 Å². The third-order valence-electron chi connectivity index (χ3n) is 4.60. The number of nitrogens with one attached hydrogen (secondary N) is 1. The second-order valence-electron chi connectivity index (χ2n) is 6.48. The van der Waals surface area contributed by atoms with Crippen LogP contribution in [0.15, 0.2) is 43.2 Å². The van der Waals surface area contributed by atoms with Gasteiger partial charge in [-0.1, -0.05) is 11.6 Å². The molecule has 0 unspecified atom stereocenters. The van der Waals surface area contributed by atoms with E-state index in [1.807, 2.05) is 11.0 Å². The van der Waals surface area contributed by atoms with E-state index in [0.29, 0.717) is 18.1 Å². The number of rotatable bonds is 4. The van der Waals surface area contributed by atoms with E-state index < -0.39 is 5.82 Å². The van der Waals surface area contributed by atoms with Crippen LogP contribution in [0.1, 0.15) is 12.8 Å². The zero-order chi connectivity index (χ0) is 19.5. The molecular formula is C18H17ClFN7O. The average molecular weight is 402 g/mol. The van der Waals surface area contributed by atoms with Crippen molar-refractivity contribution in [2.24, 2.45) is 5.92 Å². The number of hydrogen-bond donors (Lipinski definition) is 1. The van der Waals surface area contributed by atoms with E-state index in [2.05, 4.69) is 25.4 Å². The van der Waals surface area contributed by atoms with Crippen molar-refractivity contribution >= 4 is 29.0 Å². The van der Waals surface area contributed by atoms with E-state index in [9.17, 15) is 9.18 Å². The SMILES string of the molecule is O=C(Nc1ccc(F)c(Cl)c1)[C@H]1CCCN(c2cc(-n3cncn3)ncn2)C1. The first-order chi connectivity index (χ1) is 13.6. The summed E-state index contributed by atoms with van der Waals surface area (Å²) >= 11 is 5.78. The van der Waals surface area contributed by atoms with Gasteiger partial charge in [-0.05, 0) is 31.0 Å². The van der Waals surface area contributed by atoms with Crippen molar-refractivity contribution in [2.75, 3.05) is 23.3 Å². The summed E-state index contributed by atoms with van der Waals surface area (Å²) < 4.78 is 14.8. The van der Waals surface area contributed by atoms with E-state index >= 15 is 0 Å². The second kappa shape index (κ2) is 7.89. The van der Waals surface area contributed by atoms with Crippen LogP contribution < -0.4 is 10.2 Å². The smallest absolute Gasteiger partial charge is 0.229 e. The van der Waals surface area contributed by atoms with Gasteiger partial charge in [-0.2, -0.15) is 5.10 Å². The van der Waals surface area contributed by atoms with Gasteiger partial charge in [0.05, 0.1) is 10.9 Å². The Morgan fingerprint density at radius 3 is 2.86 bits per heavy atom. The van der Waals surface area contributed by atoms with Crippen molar-refractivity contribution < 1.29 is 9.18 Å². The molecule has 0 spiro atoms. The normalized spacial score (nSPS) is 16.8. The Hall–Kier alpha value is -3.07. The van der Waals surface area contributed by atoms with Crippen molar-refractivity contribution in [2.45, 2.75) is 12.8 Å². The predicted octanol–water partition coefficient (Wildman–Crippen LogP) is 2.70. The van der Waals surface area contributed by atoms with Crippen LogP contribution in [0.2, 0.25) is 5.02 Å². The molecule has 1 saturated heterocycles. The van der Waals surface area contributed by atoms with Gasteiger partial charge in [-0.15, -0.1) is 0 Å². The fourth-order valence-electron chi connectivity index (χ4n) is 3.18. The zero-order valence-corrected chi connectivity index (χ0v) is 15.6. The summed E-state index contributed by atoms with van der Waals surface area (Å²) in [6.45, 7) is 1.31. The summed E-state index contributed by atoms with van der Waals surface area (Å²) in [7, 11) is 0. The molecule has 2 aromatic heterocycles. The molecular weight excluding hydrogens is 385 g/mol. The minimum absolute atomic E-state index is 0.0234. The largest absolute Gasteiger partial charge is 0.356 e. The molecule has 1 aliphatic heterocycles. The first-order valence-corrected chi connectivity index (χ1v) is 9.16. The summed E-state index contributed by atoms with van der Waals surface area (Å²) in [5, 5.41) is 6.86. The maximum atomic E-state index is 13.3. The van der Waals surface area contributed by atoms with Gasteiger partial charge in [0, 0.05) is 24.8 Å². The third-order valence-corrected chi connectivity index (χ3v) is 4.88. The number of nitrogens with zero attached hydrogens (tertiary/aromatic N) is 6. The minimum Gasteiger partial charge on any atom is -0.356 e. The molecule has 0 bridgehead atoms. The van der Waals surface area contributed by atoms with Gasteiger partial charge in [-0.3, -0.25) is 4.79 Å². The van der Waals surface area contributed by atoms with Crippen LogP contribution in [0.25, 0.3) is 5.82 Å². The van der Waals surface area contributed by atoms with Gasteiger partial charge >= 0.3 is 0 Å². The summed E-state index contributed by atoms with van der Waals surface area (Å²) in [6.07, 6.45) is 6.08. The molecule has 1 amide bonds. The van der Waals surface area contributed by atoms with Crippen molar-refractivity contribution in [3.63, 3.8) is 0 Å². The van der Waals surface area contributed by atoms with Crippen molar-refractivity contribution in [1.29, 1.82) is 0 Å². The van der Waals surface area contributed by atoms with Crippen LogP contribution in [0.3, 0.4) is 0 Å². The average Bonchev–Trinajstić information content (AvgIpc) is 3.26. The number of piperidine rings is 1. The number of amides is 1. The van der Waals surface area contributed by atoms with Gasteiger partial charge in [0.25, 0.3) is 0 Å². The highest BCUT2D eigenvalue weighted by Gasteiger charge is 2.27. The molecule has 1 fully saturated rings. The van der Waals surface area contributed by atoms with Gasteiger partial charge in [0.1, 0.15) is 30.6 Å². The van der Waals surface area contributed by atoms with E-state index in [4.69, 9.17) is 11.6 Å². The molecule has 8 nitrogen and oxygen atoms in total. The van der Waals surface area contributed by atoms with Crippen LogP contribution in [0.4, 0.5) is 15.9 Å². The molecule has 0 radical (unpaired) electrons. The predicted molar refractivity (Wildman–Crippen MR) is 102 cm³/mol. The number of anilines is 2. The Labute approximate surface area is 165 Å². The summed E-state index contributed by atoms with van der Waals surface area (Å²) in [5.41, 5.74) is 0.476. The first-order valence-electron chi connectivity index (χ1n) is 8.78. The number of carbonyl (C=O) groups excluding carboxylic acids is 1. The summed E-state index contributed by atoms with van der Waals surface area (Å²) in [5.74, 6) is 0.466. The van der Waals surface area contributed by atoms with Crippen molar-refractivity contribution in [3.05, 3.63) is 54.1 Å². The van der Waals surface area contributed by atoms with E-state index in [1.54, 1.807) is 11.0 Å². The topological polar surface area (TPSA) is 88.8 Å². The molecule has 1 N–H and O–H groups in total. The van der Waals surface area contributed by atoms with Gasteiger partial charge in [0.2, 0.25) is 5.91 Å². The molecule has 1 atom stereocenters. The maximum absolute atomic E-state index is 13.3. The first kappa shape index (κ1) is 18.3. The number of benzene rings is 1. The lowest BCUT2D eigenvalue weighted by Gasteiger charge is -2.32. The van der Waals surface area contributed by atoms with Crippen LogP contribution in [0, 0.1) is 11.7 Å². The molecule has 4 rings (SSSR count). The Morgan fingerprint density at radius 2 is 2.07 bits per heavy atom. The molecule has 0 saturated carbocycles. The molecule has 3 aromatic rings. The monoisotopic (exact) mass is 401 g/mol. The molecule has 1 aromatic carbocycles. The van der Waals surface area contributed by atoms with Crippen molar-refractivity contribution in [3.8, 4) is 5.82 Å². The van der Waals surface area contributed by atoms with Crippen LogP contribution in [-0.4, -0.2) is 43.7 Å². The molecule has 144 valence electrons. The lowest BCUT2D eigenvalue weighted by atomic mass is 9.97. The fraction of sp³-hybridized carbons (Fsp3) is 0.278. The maximum Gasteiger partial charge on any atom is 0.229 e. The third kappa shape index (κ3) is 3.94. The highest BCUT2D eigenvalue weighted by Crippen LogP contribution is 2.25. The van der Waals surface area contributed by atoms with Crippen molar-refractivity contribution in [1.82, 2.24) is 24.7 Å².